The van der Waals surface area contributed by atoms with Crippen molar-refractivity contribution in [3.8, 4) is 5.75 Å². The van der Waals surface area contributed by atoms with Gasteiger partial charge < -0.3 is 18.8 Å². The van der Waals surface area contributed by atoms with Gasteiger partial charge in [-0.3, -0.25) is 4.79 Å². The smallest absolute Gasteiger partial charge is 0.387 e. The number of methoxy groups -OCH3 is 1. The highest BCUT2D eigenvalue weighted by Gasteiger charge is 2.18. The van der Waals surface area contributed by atoms with Crippen LogP contribution in [0, 0.1) is 6.92 Å². The zero-order chi connectivity index (χ0) is 20.0. The van der Waals surface area contributed by atoms with E-state index in [1.165, 1.54) is 24.1 Å². The Morgan fingerprint density at radius 2 is 1.89 bits per heavy atom. The molecular weight excluding hydrogens is 360 g/mol. The third kappa shape index (κ3) is 5.80. The Kier molecular flexibility index (Phi) is 6.92. The van der Waals surface area contributed by atoms with E-state index in [1.807, 2.05) is 0 Å². The highest BCUT2D eigenvalue weighted by atomic mass is 19.3. The van der Waals surface area contributed by atoms with Gasteiger partial charge in [-0.25, -0.2) is 4.79 Å². The summed E-state index contributed by atoms with van der Waals surface area (Å²) < 4.78 is 38.7. The molecule has 2 rings (SSSR count). The summed E-state index contributed by atoms with van der Waals surface area (Å²) in [5.74, 6) is 0.389. The minimum Gasteiger partial charge on any atom is -0.465 e. The van der Waals surface area contributed by atoms with Crippen LogP contribution in [0.3, 0.4) is 0 Å². The van der Waals surface area contributed by atoms with E-state index >= 15 is 0 Å². The van der Waals surface area contributed by atoms with Crippen molar-refractivity contribution in [2.45, 2.75) is 32.9 Å². The van der Waals surface area contributed by atoms with Crippen LogP contribution in [0.25, 0.3) is 0 Å². The lowest BCUT2D eigenvalue weighted by Crippen LogP contribution is -2.26. The number of nitrogens with zero attached hydrogens (tertiary/aromatic N) is 1. The fraction of sp³-hybridized carbons (Fsp3) is 0.368. The van der Waals surface area contributed by atoms with Crippen LogP contribution in [0.15, 0.2) is 34.7 Å². The van der Waals surface area contributed by atoms with Gasteiger partial charge in [0.25, 0.3) is 0 Å². The molecular formula is C19H21F2NO5. The minimum atomic E-state index is -2.86. The van der Waals surface area contributed by atoms with Gasteiger partial charge in [0.15, 0.2) is 0 Å². The molecule has 0 atom stereocenters. The summed E-state index contributed by atoms with van der Waals surface area (Å²) in [6.45, 7) is -0.993. The lowest BCUT2D eigenvalue weighted by molar-refractivity contribution is -0.130. The third-order valence-electron chi connectivity index (χ3n) is 3.97. The number of carbonyl (C=O) groups excluding carboxylic acids is 2. The van der Waals surface area contributed by atoms with Crippen LogP contribution in [-0.2, 0) is 22.5 Å². The Hall–Kier alpha value is -2.90. The zero-order valence-corrected chi connectivity index (χ0v) is 15.3. The molecule has 0 N–H and O–H groups in total. The zero-order valence-electron chi connectivity index (χ0n) is 15.3. The molecule has 0 saturated heterocycles. The van der Waals surface area contributed by atoms with Gasteiger partial charge in [-0.2, -0.15) is 8.78 Å². The van der Waals surface area contributed by atoms with Crippen molar-refractivity contribution in [3.63, 3.8) is 0 Å². The summed E-state index contributed by atoms with van der Waals surface area (Å²) in [5, 5.41) is 0. The van der Waals surface area contributed by atoms with E-state index in [2.05, 4.69) is 9.47 Å². The number of benzene rings is 1. The molecule has 146 valence electrons. The molecule has 0 aliphatic carbocycles. The standard InChI is InChI=1S/C19H21F2NO5/c1-12-16(18(24)25-3)10-15(26-12)11-22(2)17(23)9-6-13-4-7-14(8-5-13)27-19(20)21/h4-5,7-8,10,19H,6,9,11H2,1-3H3. The lowest BCUT2D eigenvalue weighted by Gasteiger charge is -2.15. The average molecular weight is 381 g/mol. The van der Waals surface area contributed by atoms with E-state index in [0.29, 0.717) is 23.5 Å². The van der Waals surface area contributed by atoms with Crippen molar-refractivity contribution in [3.05, 3.63) is 53.0 Å². The van der Waals surface area contributed by atoms with Crippen molar-refractivity contribution >= 4 is 11.9 Å². The van der Waals surface area contributed by atoms with Gasteiger partial charge in [0, 0.05) is 13.5 Å². The minimum absolute atomic E-state index is 0.0757. The molecule has 0 aliphatic rings. The number of ether oxygens (including phenoxy) is 2. The number of alkyl halides is 2. The molecule has 0 fully saturated rings. The number of furan rings is 1. The Balaban J connectivity index is 1.87. The summed E-state index contributed by atoms with van der Waals surface area (Å²) >= 11 is 0. The third-order valence-corrected chi connectivity index (χ3v) is 3.97. The van der Waals surface area contributed by atoms with Gasteiger partial charge >= 0.3 is 12.6 Å². The van der Waals surface area contributed by atoms with Gasteiger partial charge in [0.05, 0.1) is 13.7 Å². The molecule has 27 heavy (non-hydrogen) atoms. The number of hydrogen-bond donors (Lipinski definition) is 0. The number of aryl methyl sites for hydroxylation is 2. The summed E-state index contributed by atoms with van der Waals surface area (Å²) in [4.78, 5) is 25.4. The van der Waals surface area contributed by atoms with E-state index < -0.39 is 12.6 Å². The van der Waals surface area contributed by atoms with Crippen LogP contribution < -0.4 is 4.74 Å². The first kappa shape index (κ1) is 20.4. The van der Waals surface area contributed by atoms with Crippen molar-refractivity contribution in [1.29, 1.82) is 0 Å². The molecule has 8 heteroatoms. The van der Waals surface area contributed by atoms with Crippen LogP contribution >= 0.6 is 0 Å². The second-order valence-electron chi connectivity index (χ2n) is 5.95. The van der Waals surface area contributed by atoms with Gasteiger partial charge in [-0.05, 0) is 37.1 Å². The predicted octanol–water partition coefficient (Wildman–Crippen LogP) is 3.57. The first-order valence-electron chi connectivity index (χ1n) is 8.25. The molecule has 0 bridgehead atoms. The van der Waals surface area contributed by atoms with Crippen LogP contribution in [0.5, 0.6) is 5.75 Å². The normalized spacial score (nSPS) is 10.7. The molecule has 1 aromatic heterocycles. The maximum atomic E-state index is 12.3. The molecule has 6 nitrogen and oxygen atoms in total. The second kappa shape index (κ2) is 9.16. The Morgan fingerprint density at radius 3 is 2.48 bits per heavy atom. The number of hydrogen-bond acceptors (Lipinski definition) is 5. The fourth-order valence-corrected chi connectivity index (χ4v) is 2.54. The Bertz CT molecular complexity index is 786. The second-order valence-corrected chi connectivity index (χ2v) is 5.95. The first-order chi connectivity index (χ1) is 12.8. The van der Waals surface area contributed by atoms with Crippen molar-refractivity contribution in [2.75, 3.05) is 14.2 Å². The summed E-state index contributed by atoms with van der Waals surface area (Å²) in [7, 11) is 2.92. The number of esters is 1. The highest BCUT2D eigenvalue weighted by Crippen LogP contribution is 2.18. The van der Waals surface area contributed by atoms with Gasteiger partial charge in [0.2, 0.25) is 5.91 Å². The quantitative estimate of drug-likeness (QED) is 0.654. The summed E-state index contributed by atoms with van der Waals surface area (Å²) in [5.41, 5.74) is 1.17. The van der Waals surface area contributed by atoms with Gasteiger partial charge in [0.1, 0.15) is 22.8 Å². The largest absolute Gasteiger partial charge is 0.465 e. The van der Waals surface area contributed by atoms with Gasteiger partial charge in [-0.15, -0.1) is 0 Å². The summed E-state index contributed by atoms with van der Waals surface area (Å²) in [6, 6.07) is 7.73. The van der Waals surface area contributed by atoms with E-state index in [-0.39, 0.29) is 24.6 Å². The molecule has 1 aromatic carbocycles. The number of amides is 1. The monoisotopic (exact) mass is 381 g/mol. The molecule has 0 saturated carbocycles. The Labute approximate surface area is 155 Å². The van der Waals surface area contributed by atoms with E-state index in [9.17, 15) is 18.4 Å². The first-order valence-corrected chi connectivity index (χ1v) is 8.25. The molecule has 0 unspecified atom stereocenters. The molecule has 0 radical (unpaired) electrons. The maximum absolute atomic E-state index is 12.3. The van der Waals surface area contributed by atoms with Crippen molar-refractivity contribution in [1.82, 2.24) is 4.90 Å². The van der Waals surface area contributed by atoms with E-state index in [4.69, 9.17) is 4.42 Å². The number of carbonyl (C=O) groups is 2. The van der Waals surface area contributed by atoms with Crippen molar-refractivity contribution < 1.29 is 32.3 Å². The SMILES string of the molecule is COC(=O)c1cc(CN(C)C(=O)CCc2ccc(OC(F)F)cc2)oc1C. The van der Waals surface area contributed by atoms with E-state index in [1.54, 1.807) is 32.2 Å². The highest BCUT2D eigenvalue weighted by molar-refractivity contribution is 5.90. The molecule has 2 aromatic rings. The van der Waals surface area contributed by atoms with E-state index in [0.717, 1.165) is 5.56 Å². The van der Waals surface area contributed by atoms with Crippen LogP contribution in [0.1, 0.15) is 33.9 Å². The summed E-state index contributed by atoms with van der Waals surface area (Å²) in [6.07, 6.45) is 0.706. The molecule has 0 aliphatic heterocycles. The average Bonchev–Trinajstić information content (AvgIpc) is 2.99. The fourth-order valence-electron chi connectivity index (χ4n) is 2.54. The number of rotatable bonds is 8. The predicted molar refractivity (Wildman–Crippen MR) is 92.7 cm³/mol. The molecule has 1 amide bonds. The maximum Gasteiger partial charge on any atom is 0.387 e. The molecule has 1 heterocycles. The van der Waals surface area contributed by atoms with Crippen molar-refractivity contribution in [2.24, 2.45) is 0 Å². The number of halogens is 2. The van der Waals surface area contributed by atoms with Crippen LogP contribution in [0.2, 0.25) is 0 Å². The topological polar surface area (TPSA) is 69.0 Å². The van der Waals surface area contributed by atoms with Gasteiger partial charge in [-0.1, -0.05) is 12.1 Å². The van der Waals surface area contributed by atoms with Crippen LogP contribution in [-0.4, -0.2) is 37.5 Å². The Morgan fingerprint density at radius 1 is 1.22 bits per heavy atom. The molecule has 0 spiro atoms. The lowest BCUT2D eigenvalue weighted by atomic mass is 10.1. The van der Waals surface area contributed by atoms with Crippen LogP contribution in [0.4, 0.5) is 8.78 Å².